The van der Waals surface area contributed by atoms with Gasteiger partial charge in [0.05, 0.1) is 10.4 Å². The third-order valence-corrected chi connectivity index (χ3v) is 4.46. The van der Waals surface area contributed by atoms with Crippen molar-refractivity contribution in [2.45, 2.75) is 25.3 Å². The number of aryl methyl sites for hydroxylation is 1. The van der Waals surface area contributed by atoms with Gasteiger partial charge in [-0.25, -0.2) is 4.98 Å². The standard InChI is InChI=1S/C13H12ClFN2S/c14-11-7-8-9(3-1-4-10(8)18-11)16-13-6-2-5-12(15)17-13/h2,5-7,9H,1,3-4H2,(H,16,17). The Morgan fingerprint density at radius 1 is 1.44 bits per heavy atom. The van der Waals surface area contributed by atoms with Crippen LogP contribution in [0.15, 0.2) is 24.3 Å². The normalized spacial score (nSPS) is 18.4. The van der Waals surface area contributed by atoms with Crippen LogP contribution in [0.25, 0.3) is 0 Å². The van der Waals surface area contributed by atoms with Gasteiger partial charge in [0.15, 0.2) is 0 Å². The summed E-state index contributed by atoms with van der Waals surface area (Å²) in [5.41, 5.74) is 1.24. The summed E-state index contributed by atoms with van der Waals surface area (Å²) in [6.07, 6.45) is 3.23. The van der Waals surface area contributed by atoms with Gasteiger partial charge in [-0.3, -0.25) is 0 Å². The Labute approximate surface area is 114 Å². The third-order valence-electron chi connectivity index (χ3n) is 3.12. The second-order valence-corrected chi connectivity index (χ2v) is 6.13. The predicted molar refractivity (Wildman–Crippen MR) is 72.8 cm³/mol. The van der Waals surface area contributed by atoms with Crippen LogP contribution in [-0.2, 0) is 6.42 Å². The Balaban J connectivity index is 1.86. The van der Waals surface area contributed by atoms with Crippen LogP contribution < -0.4 is 5.32 Å². The zero-order chi connectivity index (χ0) is 12.5. The zero-order valence-corrected chi connectivity index (χ0v) is 11.2. The molecule has 0 bridgehead atoms. The van der Waals surface area contributed by atoms with Crippen molar-refractivity contribution >= 4 is 28.8 Å². The molecule has 1 N–H and O–H groups in total. The first kappa shape index (κ1) is 11.9. The molecular formula is C13H12ClFN2S. The lowest BCUT2D eigenvalue weighted by molar-refractivity contribution is 0.577. The highest BCUT2D eigenvalue weighted by Crippen LogP contribution is 2.39. The van der Waals surface area contributed by atoms with Gasteiger partial charge in [-0.1, -0.05) is 17.7 Å². The number of halogens is 2. The quantitative estimate of drug-likeness (QED) is 0.825. The van der Waals surface area contributed by atoms with Gasteiger partial charge >= 0.3 is 0 Å². The van der Waals surface area contributed by atoms with Crippen molar-refractivity contribution in [2.75, 3.05) is 5.32 Å². The number of rotatable bonds is 2. The number of anilines is 1. The fourth-order valence-electron chi connectivity index (χ4n) is 2.34. The van der Waals surface area contributed by atoms with Crippen molar-refractivity contribution in [3.05, 3.63) is 45.0 Å². The van der Waals surface area contributed by atoms with E-state index in [1.807, 2.05) is 6.07 Å². The average Bonchev–Trinajstić information content (AvgIpc) is 2.71. The molecule has 94 valence electrons. The van der Waals surface area contributed by atoms with Crippen LogP contribution in [0.4, 0.5) is 10.2 Å². The van der Waals surface area contributed by atoms with E-state index in [0.29, 0.717) is 5.82 Å². The highest BCUT2D eigenvalue weighted by Gasteiger charge is 2.22. The minimum absolute atomic E-state index is 0.187. The van der Waals surface area contributed by atoms with E-state index in [4.69, 9.17) is 11.6 Å². The van der Waals surface area contributed by atoms with Crippen LogP contribution in [0.2, 0.25) is 4.34 Å². The lowest BCUT2D eigenvalue weighted by Gasteiger charge is -2.24. The third kappa shape index (κ3) is 2.35. The molecule has 0 saturated heterocycles. The van der Waals surface area contributed by atoms with E-state index in [0.717, 1.165) is 23.6 Å². The first-order valence-electron chi connectivity index (χ1n) is 5.89. The molecule has 0 amide bonds. The molecule has 0 aliphatic heterocycles. The fraction of sp³-hybridized carbons (Fsp3) is 0.308. The predicted octanol–water partition coefficient (Wildman–Crippen LogP) is 4.43. The van der Waals surface area contributed by atoms with Gasteiger partial charge in [0.25, 0.3) is 0 Å². The summed E-state index contributed by atoms with van der Waals surface area (Å²) in [5, 5.41) is 3.29. The molecule has 2 aromatic heterocycles. The largest absolute Gasteiger partial charge is 0.363 e. The van der Waals surface area contributed by atoms with Crippen molar-refractivity contribution < 1.29 is 4.39 Å². The average molecular weight is 283 g/mol. The van der Waals surface area contributed by atoms with Gasteiger partial charge in [-0.15, -0.1) is 11.3 Å². The van der Waals surface area contributed by atoms with E-state index in [2.05, 4.69) is 10.3 Å². The highest BCUT2D eigenvalue weighted by molar-refractivity contribution is 7.16. The molecule has 5 heteroatoms. The molecule has 1 unspecified atom stereocenters. The molecule has 0 fully saturated rings. The highest BCUT2D eigenvalue weighted by atomic mass is 35.5. The van der Waals surface area contributed by atoms with Crippen LogP contribution in [0.3, 0.4) is 0 Å². The molecule has 0 spiro atoms. The first-order chi connectivity index (χ1) is 8.72. The van der Waals surface area contributed by atoms with Crippen molar-refractivity contribution in [2.24, 2.45) is 0 Å². The summed E-state index contributed by atoms with van der Waals surface area (Å²) in [4.78, 5) is 5.17. The molecule has 2 nitrogen and oxygen atoms in total. The number of nitrogens with zero attached hydrogens (tertiary/aromatic N) is 1. The second kappa shape index (κ2) is 4.86. The Morgan fingerprint density at radius 3 is 3.17 bits per heavy atom. The molecular weight excluding hydrogens is 271 g/mol. The number of pyridine rings is 1. The van der Waals surface area contributed by atoms with Crippen molar-refractivity contribution in [1.82, 2.24) is 4.98 Å². The number of thiophene rings is 1. The van der Waals surface area contributed by atoms with Crippen molar-refractivity contribution in [3.63, 3.8) is 0 Å². The topological polar surface area (TPSA) is 24.9 Å². The number of aromatic nitrogens is 1. The maximum atomic E-state index is 13.1. The number of fused-ring (bicyclic) bond motifs is 1. The molecule has 2 aromatic rings. The Kier molecular flexibility index (Phi) is 3.22. The van der Waals surface area contributed by atoms with Gasteiger partial charge in [0.2, 0.25) is 5.95 Å². The lowest BCUT2D eigenvalue weighted by atomic mass is 9.94. The molecule has 0 aromatic carbocycles. The molecule has 2 heterocycles. The van der Waals surface area contributed by atoms with E-state index in [1.165, 1.54) is 16.5 Å². The Morgan fingerprint density at radius 2 is 2.33 bits per heavy atom. The van der Waals surface area contributed by atoms with E-state index in [9.17, 15) is 4.39 Å². The summed E-state index contributed by atoms with van der Waals surface area (Å²) < 4.78 is 13.9. The zero-order valence-electron chi connectivity index (χ0n) is 9.62. The van der Waals surface area contributed by atoms with Crippen LogP contribution >= 0.6 is 22.9 Å². The van der Waals surface area contributed by atoms with Gasteiger partial charge in [-0.2, -0.15) is 4.39 Å². The Bertz CT molecular complexity index is 570. The van der Waals surface area contributed by atoms with Crippen LogP contribution in [0, 0.1) is 5.95 Å². The number of hydrogen-bond donors (Lipinski definition) is 1. The van der Waals surface area contributed by atoms with Crippen molar-refractivity contribution in [1.29, 1.82) is 0 Å². The summed E-state index contributed by atoms with van der Waals surface area (Å²) in [7, 11) is 0. The minimum atomic E-state index is -0.459. The molecule has 1 aliphatic carbocycles. The van der Waals surface area contributed by atoms with Gasteiger partial charge in [0.1, 0.15) is 5.82 Å². The second-order valence-electron chi connectivity index (χ2n) is 4.36. The summed E-state index contributed by atoms with van der Waals surface area (Å²) >= 11 is 7.70. The fourth-order valence-corrected chi connectivity index (χ4v) is 3.72. The minimum Gasteiger partial charge on any atom is -0.363 e. The molecule has 1 atom stereocenters. The molecule has 3 rings (SSSR count). The maximum Gasteiger partial charge on any atom is 0.214 e. The molecule has 0 saturated carbocycles. The monoisotopic (exact) mass is 282 g/mol. The van der Waals surface area contributed by atoms with E-state index in [-0.39, 0.29) is 6.04 Å². The van der Waals surface area contributed by atoms with Crippen LogP contribution in [0.5, 0.6) is 0 Å². The lowest BCUT2D eigenvalue weighted by Crippen LogP contribution is -2.16. The molecule has 0 radical (unpaired) electrons. The van der Waals surface area contributed by atoms with E-state index in [1.54, 1.807) is 23.5 Å². The van der Waals surface area contributed by atoms with Gasteiger partial charge in [-0.05, 0) is 43.0 Å². The maximum absolute atomic E-state index is 13.1. The van der Waals surface area contributed by atoms with Crippen LogP contribution in [0.1, 0.15) is 29.3 Å². The SMILES string of the molecule is Fc1cccc(NC2CCCc3sc(Cl)cc32)n1. The summed E-state index contributed by atoms with van der Waals surface area (Å²) in [6, 6.07) is 6.99. The summed E-state index contributed by atoms with van der Waals surface area (Å²) in [6.45, 7) is 0. The smallest absolute Gasteiger partial charge is 0.214 e. The van der Waals surface area contributed by atoms with E-state index < -0.39 is 5.95 Å². The molecule has 1 aliphatic rings. The Hall–Kier alpha value is -1.13. The van der Waals surface area contributed by atoms with Gasteiger partial charge < -0.3 is 5.32 Å². The molecule has 18 heavy (non-hydrogen) atoms. The first-order valence-corrected chi connectivity index (χ1v) is 7.09. The van der Waals surface area contributed by atoms with E-state index >= 15 is 0 Å². The van der Waals surface area contributed by atoms with Crippen LogP contribution in [-0.4, -0.2) is 4.98 Å². The number of hydrogen-bond acceptors (Lipinski definition) is 3. The van der Waals surface area contributed by atoms with Gasteiger partial charge in [0, 0.05) is 4.88 Å². The number of nitrogens with one attached hydrogen (secondary N) is 1. The van der Waals surface area contributed by atoms with Crippen molar-refractivity contribution in [3.8, 4) is 0 Å². The summed E-state index contributed by atoms with van der Waals surface area (Å²) in [5.74, 6) is 0.120.